The molecule has 0 aromatic heterocycles. The van der Waals surface area contributed by atoms with Gasteiger partial charge in [0, 0.05) is 42.9 Å². The third kappa shape index (κ3) is 4.18. The van der Waals surface area contributed by atoms with Gasteiger partial charge >= 0.3 is 5.97 Å². The van der Waals surface area contributed by atoms with Gasteiger partial charge in [0.05, 0.1) is 5.92 Å². The quantitative estimate of drug-likeness (QED) is 0.732. The number of hydrogen-bond donors (Lipinski definition) is 1. The number of aliphatic carboxylic acids is 1. The summed E-state index contributed by atoms with van der Waals surface area (Å²) in [6.45, 7) is 5.07. The molecule has 5 heteroatoms. The van der Waals surface area contributed by atoms with Crippen molar-refractivity contribution in [3.05, 3.63) is 64.2 Å². The average Bonchev–Trinajstić information content (AvgIpc) is 2.58. The maximum absolute atomic E-state index is 11.0. The highest BCUT2D eigenvalue weighted by Crippen LogP contribution is 2.33. The molecule has 0 atom stereocenters. The van der Waals surface area contributed by atoms with E-state index in [1.807, 2.05) is 6.07 Å². The van der Waals surface area contributed by atoms with E-state index in [1.54, 1.807) is 0 Å². The first-order valence-electron chi connectivity index (χ1n) is 10.1. The molecule has 2 fully saturated rings. The van der Waals surface area contributed by atoms with Crippen LogP contribution in [0.5, 0.6) is 0 Å². The molecule has 2 aromatic rings. The Morgan fingerprint density at radius 2 is 1.93 bits per heavy atom. The number of rotatable bonds is 7. The van der Waals surface area contributed by atoms with Crippen molar-refractivity contribution in [2.45, 2.75) is 45.3 Å². The summed E-state index contributed by atoms with van der Waals surface area (Å²) in [5.41, 5.74) is 4.90. The molecule has 1 aliphatic heterocycles. The standard InChI is InChI=1S/C23H27ClN2O2/c1-16-10-21(8-9-22(16)24)26(20-6-3-7-20)13-18-5-2-4-17(11-18)12-25-14-19(15-25)23(27)28/h2,4-5,8-11,19-20H,3,6-7,12-15H2,1H3,(H,27,28). The molecule has 4 nitrogen and oxygen atoms in total. The van der Waals surface area contributed by atoms with Crippen LogP contribution in [0.3, 0.4) is 0 Å². The van der Waals surface area contributed by atoms with Crippen molar-refractivity contribution in [3.8, 4) is 0 Å². The number of carboxylic acids is 1. The van der Waals surface area contributed by atoms with Crippen LogP contribution in [0.4, 0.5) is 5.69 Å². The average molecular weight is 399 g/mol. The van der Waals surface area contributed by atoms with Crippen LogP contribution in [0, 0.1) is 12.8 Å². The monoisotopic (exact) mass is 398 g/mol. The van der Waals surface area contributed by atoms with Crippen molar-refractivity contribution in [1.29, 1.82) is 0 Å². The van der Waals surface area contributed by atoms with Crippen molar-refractivity contribution in [2.24, 2.45) is 5.92 Å². The minimum absolute atomic E-state index is 0.203. The van der Waals surface area contributed by atoms with Crippen LogP contribution in [-0.4, -0.2) is 35.1 Å². The predicted molar refractivity (Wildman–Crippen MR) is 113 cm³/mol. The first-order chi connectivity index (χ1) is 13.5. The fraction of sp³-hybridized carbons (Fsp3) is 0.435. The lowest BCUT2D eigenvalue weighted by Crippen LogP contribution is -2.49. The molecule has 1 saturated heterocycles. The Morgan fingerprint density at radius 3 is 2.57 bits per heavy atom. The largest absolute Gasteiger partial charge is 0.481 e. The Kier molecular flexibility index (Phi) is 5.61. The first-order valence-corrected chi connectivity index (χ1v) is 10.4. The molecule has 1 aliphatic carbocycles. The van der Waals surface area contributed by atoms with E-state index in [9.17, 15) is 4.79 Å². The van der Waals surface area contributed by atoms with E-state index in [2.05, 4.69) is 53.1 Å². The van der Waals surface area contributed by atoms with E-state index in [-0.39, 0.29) is 5.92 Å². The Bertz CT molecular complexity index is 859. The molecule has 2 aromatic carbocycles. The van der Waals surface area contributed by atoms with Crippen LogP contribution in [0.2, 0.25) is 5.02 Å². The molecular weight excluding hydrogens is 372 g/mol. The summed E-state index contributed by atoms with van der Waals surface area (Å²) in [6, 6.07) is 15.6. The Labute approximate surface area is 171 Å². The number of carbonyl (C=O) groups is 1. The van der Waals surface area contributed by atoms with Gasteiger partial charge in [-0.15, -0.1) is 0 Å². The molecule has 1 N–H and O–H groups in total. The fourth-order valence-corrected chi connectivity index (χ4v) is 4.19. The first kappa shape index (κ1) is 19.3. The van der Waals surface area contributed by atoms with Gasteiger partial charge in [0.25, 0.3) is 0 Å². The van der Waals surface area contributed by atoms with Crippen LogP contribution in [0.1, 0.15) is 36.0 Å². The van der Waals surface area contributed by atoms with Crippen LogP contribution < -0.4 is 4.90 Å². The van der Waals surface area contributed by atoms with Crippen molar-refractivity contribution in [2.75, 3.05) is 18.0 Å². The second-order valence-electron chi connectivity index (χ2n) is 8.20. The van der Waals surface area contributed by atoms with E-state index in [0.29, 0.717) is 19.1 Å². The van der Waals surface area contributed by atoms with Crippen LogP contribution in [0.25, 0.3) is 0 Å². The lowest BCUT2D eigenvalue weighted by Gasteiger charge is -2.40. The predicted octanol–water partition coefficient (Wildman–Crippen LogP) is 4.72. The molecule has 28 heavy (non-hydrogen) atoms. The summed E-state index contributed by atoms with van der Waals surface area (Å²) in [5.74, 6) is -0.884. The summed E-state index contributed by atoms with van der Waals surface area (Å²) in [7, 11) is 0. The summed E-state index contributed by atoms with van der Waals surface area (Å²) in [4.78, 5) is 15.7. The summed E-state index contributed by atoms with van der Waals surface area (Å²) < 4.78 is 0. The SMILES string of the molecule is Cc1cc(N(Cc2cccc(CN3CC(C(=O)O)C3)c2)C2CCC2)ccc1Cl. The molecule has 1 heterocycles. The molecule has 0 spiro atoms. The van der Waals surface area contributed by atoms with Gasteiger partial charge in [-0.1, -0.05) is 35.9 Å². The zero-order chi connectivity index (χ0) is 19.7. The molecular formula is C23H27ClN2O2. The number of hydrogen-bond acceptors (Lipinski definition) is 3. The minimum atomic E-state index is -0.681. The van der Waals surface area contributed by atoms with Gasteiger partial charge in [0.15, 0.2) is 0 Å². The molecule has 0 bridgehead atoms. The normalized spacial score (nSPS) is 17.8. The zero-order valence-corrected chi connectivity index (χ0v) is 17.0. The van der Waals surface area contributed by atoms with E-state index in [1.165, 1.54) is 36.1 Å². The lowest BCUT2D eigenvalue weighted by molar-refractivity contribution is -0.147. The summed E-state index contributed by atoms with van der Waals surface area (Å²) in [5, 5.41) is 9.86. The van der Waals surface area contributed by atoms with Gasteiger partial charge in [0.1, 0.15) is 0 Å². The highest BCUT2D eigenvalue weighted by Gasteiger charge is 2.32. The van der Waals surface area contributed by atoms with Crippen molar-refractivity contribution >= 4 is 23.3 Å². The number of halogens is 1. The van der Waals surface area contributed by atoms with Crippen LogP contribution >= 0.6 is 11.6 Å². The third-order valence-electron chi connectivity index (χ3n) is 6.05. The number of likely N-dealkylation sites (tertiary alicyclic amines) is 1. The Morgan fingerprint density at radius 1 is 1.18 bits per heavy atom. The molecule has 148 valence electrons. The van der Waals surface area contributed by atoms with E-state index < -0.39 is 5.97 Å². The van der Waals surface area contributed by atoms with Gasteiger partial charge in [-0.2, -0.15) is 0 Å². The molecule has 2 aliphatic rings. The van der Waals surface area contributed by atoms with Gasteiger partial charge in [-0.05, 0) is 61.1 Å². The van der Waals surface area contributed by atoms with Crippen LogP contribution in [-0.2, 0) is 17.9 Å². The minimum Gasteiger partial charge on any atom is -0.481 e. The number of anilines is 1. The highest BCUT2D eigenvalue weighted by molar-refractivity contribution is 6.31. The smallest absolute Gasteiger partial charge is 0.309 e. The van der Waals surface area contributed by atoms with E-state index in [4.69, 9.17) is 16.7 Å². The second kappa shape index (κ2) is 8.14. The molecule has 0 unspecified atom stereocenters. The topological polar surface area (TPSA) is 43.8 Å². The number of benzene rings is 2. The highest BCUT2D eigenvalue weighted by atomic mass is 35.5. The second-order valence-corrected chi connectivity index (χ2v) is 8.60. The van der Waals surface area contributed by atoms with Crippen LogP contribution in [0.15, 0.2) is 42.5 Å². The Balaban J connectivity index is 1.46. The van der Waals surface area contributed by atoms with Gasteiger partial charge in [-0.3, -0.25) is 9.69 Å². The summed E-state index contributed by atoms with van der Waals surface area (Å²) in [6.07, 6.45) is 3.78. The van der Waals surface area contributed by atoms with Gasteiger partial charge in [-0.25, -0.2) is 0 Å². The van der Waals surface area contributed by atoms with Crippen molar-refractivity contribution in [1.82, 2.24) is 4.90 Å². The van der Waals surface area contributed by atoms with E-state index >= 15 is 0 Å². The number of nitrogens with zero attached hydrogens (tertiary/aromatic N) is 2. The fourth-order valence-electron chi connectivity index (χ4n) is 4.07. The maximum Gasteiger partial charge on any atom is 0.309 e. The van der Waals surface area contributed by atoms with Gasteiger partial charge in [0.2, 0.25) is 0 Å². The zero-order valence-electron chi connectivity index (χ0n) is 16.3. The molecule has 1 saturated carbocycles. The molecule has 0 radical (unpaired) electrons. The van der Waals surface area contributed by atoms with Gasteiger partial charge < -0.3 is 10.0 Å². The molecule has 4 rings (SSSR count). The molecule has 0 amide bonds. The number of carboxylic acid groups (broad SMARTS) is 1. The Hall–Kier alpha value is -2.04. The third-order valence-corrected chi connectivity index (χ3v) is 6.47. The number of aryl methyl sites for hydroxylation is 1. The summed E-state index contributed by atoms with van der Waals surface area (Å²) >= 11 is 6.23. The maximum atomic E-state index is 11.0. The van der Waals surface area contributed by atoms with Crippen molar-refractivity contribution in [3.63, 3.8) is 0 Å². The van der Waals surface area contributed by atoms with E-state index in [0.717, 1.165) is 23.7 Å². The van der Waals surface area contributed by atoms with Crippen molar-refractivity contribution < 1.29 is 9.90 Å². The lowest BCUT2D eigenvalue weighted by atomic mass is 9.90.